The minimum absolute atomic E-state index is 0.00880. The van der Waals surface area contributed by atoms with Crippen LogP contribution < -0.4 is 9.64 Å². The van der Waals surface area contributed by atoms with E-state index in [0.717, 1.165) is 24.7 Å². The summed E-state index contributed by atoms with van der Waals surface area (Å²) >= 11 is 1.44. The van der Waals surface area contributed by atoms with E-state index in [9.17, 15) is 4.79 Å². The quantitative estimate of drug-likeness (QED) is 0.860. The van der Waals surface area contributed by atoms with Gasteiger partial charge in [-0.3, -0.25) is 4.79 Å². The second-order valence-electron chi connectivity index (χ2n) is 4.71. The number of hydrogen-bond donors (Lipinski definition) is 0. The number of piperazine rings is 1. The van der Waals surface area contributed by atoms with Crippen LogP contribution in [0.25, 0.3) is 0 Å². The van der Waals surface area contributed by atoms with E-state index in [0.29, 0.717) is 18.8 Å². The number of thiazole rings is 1. The first kappa shape index (κ1) is 13.8. The molecule has 1 amide bonds. The van der Waals surface area contributed by atoms with E-state index in [4.69, 9.17) is 4.74 Å². The lowest BCUT2D eigenvalue weighted by atomic mass is 10.2. The number of nitrogens with zero attached hydrogens (tertiary/aromatic N) is 4. The summed E-state index contributed by atoms with van der Waals surface area (Å²) in [5.41, 5.74) is 2.22. The van der Waals surface area contributed by atoms with E-state index in [-0.39, 0.29) is 5.91 Å². The zero-order valence-corrected chi connectivity index (χ0v) is 12.5. The molecule has 0 aromatic carbocycles. The van der Waals surface area contributed by atoms with Crippen LogP contribution >= 0.6 is 11.3 Å². The Kier molecular flexibility index (Phi) is 4.01. The number of aromatic nitrogens is 2. The summed E-state index contributed by atoms with van der Waals surface area (Å²) in [6, 6.07) is 3.74. The van der Waals surface area contributed by atoms with Gasteiger partial charge >= 0.3 is 0 Å². The summed E-state index contributed by atoms with van der Waals surface area (Å²) in [7, 11) is 1.64. The minimum atomic E-state index is 0.00880. The Morgan fingerprint density at radius 3 is 2.76 bits per heavy atom. The summed E-state index contributed by atoms with van der Waals surface area (Å²) in [5, 5.41) is 1.79. The summed E-state index contributed by atoms with van der Waals surface area (Å²) in [6.45, 7) is 2.87. The van der Waals surface area contributed by atoms with Crippen molar-refractivity contribution in [3.8, 4) is 5.75 Å². The van der Waals surface area contributed by atoms with Crippen molar-refractivity contribution in [2.45, 2.75) is 0 Å². The van der Waals surface area contributed by atoms with E-state index >= 15 is 0 Å². The van der Waals surface area contributed by atoms with Crippen LogP contribution in [0.3, 0.4) is 0 Å². The van der Waals surface area contributed by atoms with Crippen LogP contribution in [0.4, 0.5) is 5.82 Å². The summed E-state index contributed by atoms with van der Waals surface area (Å²) in [4.78, 5) is 24.7. The number of rotatable bonds is 3. The zero-order chi connectivity index (χ0) is 14.7. The maximum Gasteiger partial charge on any atom is 0.273 e. The van der Waals surface area contributed by atoms with Crippen molar-refractivity contribution in [1.29, 1.82) is 0 Å². The molecule has 6 nitrogen and oxygen atoms in total. The van der Waals surface area contributed by atoms with Gasteiger partial charge < -0.3 is 14.5 Å². The van der Waals surface area contributed by atoms with E-state index in [2.05, 4.69) is 14.9 Å². The first-order chi connectivity index (χ1) is 10.3. The molecule has 1 aliphatic heterocycles. The zero-order valence-electron chi connectivity index (χ0n) is 11.7. The van der Waals surface area contributed by atoms with Crippen molar-refractivity contribution in [1.82, 2.24) is 14.9 Å². The normalized spacial score (nSPS) is 15.1. The van der Waals surface area contributed by atoms with Crippen LogP contribution in [0.5, 0.6) is 5.75 Å². The van der Waals surface area contributed by atoms with Crippen LogP contribution in [0.15, 0.2) is 29.2 Å². The third-order valence-corrected chi connectivity index (χ3v) is 4.08. The van der Waals surface area contributed by atoms with Gasteiger partial charge in [0.1, 0.15) is 17.3 Å². The van der Waals surface area contributed by atoms with E-state index in [1.54, 1.807) is 24.2 Å². The molecule has 0 aliphatic carbocycles. The first-order valence-corrected chi connectivity index (χ1v) is 7.64. The molecule has 0 bridgehead atoms. The predicted octanol–water partition coefficient (Wildman–Crippen LogP) is 1.51. The highest BCUT2D eigenvalue weighted by Gasteiger charge is 2.23. The van der Waals surface area contributed by atoms with Crippen LogP contribution in [0, 0.1) is 0 Å². The van der Waals surface area contributed by atoms with E-state index < -0.39 is 0 Å². The average molecular weight is 304 g/mol. The molecule has 0 radical (unpaired) electrons. The van der Waals surface area contributed by atoms with E-state index in [1.807, 2.05) is 17.0 Å². The Bertz CT molecular complexity index is 609. The molecule has 2 aromatic heterocycles. The largest absolute Gasteiger partial charge is 0.497 e. The molecule has 3 rings (SSSR count). The molecule has 0 N–H and O–H groups in total. The van der Waals surface area contributed by atoms with Crippen molar-refractivity contribution in [2.24, 2.45) is 0 Å². The Labute approximate surface area is 127 Å². The number of carbonyl (C=O) groups is 1. The molecule has 7 heteroatoms. The first-order valence-electron chi connectivity index (χ1n) is 6.70. The Morgan fingerprint density at radius 2 is 2.10 bits per heavy atom. The standard InChI is InChI=1S/C14H16N4O2S/c1-20-11-2-3-15-13(8-11)17-4-6-18(7-5-17)14(19)12-9-21-10-16-12/h2-3,8-10H,4-7H2,1H3. The molecular formula is C14H16N4O2S. The molecule has 1 aliphatic rings. The molecule has 110 valence electrons. The van der Waals surface area contributed by atoms with Crippen LogP contribution in [0.1, 0.15) is 10.5 Å². The average Bonchev–Trinajstić information content (AvgIpc) is 3.09. The van der Waals surface area contributed by atoms with Gasteiger partial charge in [0.15, 0.2) is 0 Å². The molecule has 0 atom stereocenters. The van der Waals surface area contributed by atoms with Crippen molar-refractivity contribution >= 4 is 23.1 Å². The highest BCUT2D eigenvalue weighted by molar-refractivity contribution is 7.07. The highest BCUT2D eigenvalue weighted by Crippen LogP contribution is 2.19. The Morgan fingerprint density at radius 1 is 1.29 bits per heavy atom. The van der Waals surface area contributed by atoms with Crippen molar-refractivity contribution in [3.63, 3.8) is 0 Å². The van der Waals surface area contributed by atoms with Gasteiger partial charge in [0.25, 0.3) is 5.91 Å². The van der Waals surface area contributed by atoms with Crippen LogP contribution in [-0.4, -0.2) is 54.1 Å². The fourth-order valence-corrected chi connectivity index (χ4v) is 2.84. The SMILES string of the molecule is COc1ccnc(N2CCN(C(=O)c3cscn3)CC2)c1. The number of ether oxygens (including phenoxy) is 1. The van der Waals surface area contributed by atoms with Gasteiger partial charge in [-0.25, -0.2) is 9.97 Å². The molecule has 1 fully saturated rings. The third kappa shape index (κ3) is 2.97. The maximum absolute atomic E-state index is 12.2. The smallest absolute Gasteiger partial charge is 0.273 e. The Hall–Kier alpha value is -2.15. The van der Waals surface area contributed by atoms with Crippen LogP contribution in [0.2, 0.25) is 0 Å². The number of pyridine rings is 1. The molecule has 0 saturated carbocycles. The third-order valence-electron chi connectivity index (χ3n) is 3.49. The molecule has 0 unspecified atom stereocenters. The van der Waals surface area contributed by atoms with Gasteiger partial charge in [0, 0.05) is 43.8 Å². The fraction of sp³-hybridized carbons (Fsp3) is 0.357. The predicted molar refractivity (Wildman–Crippen MR) is 81.0 cm³/mol. The topological polar surface area (TPSA) is 58.6 Å². The van der Waals surface area contributed by atoms with Crippen molar-refractivity contribution in [3.05, 3.63) is 34.9 Å². The summed E-state index contributed by atoms with van der Waals surface area (Å²) in [6.07, 6.45) is 1.74. The number of amides is 1. The molecular weight excluding hydrogens is 288 g/mol. The van der Waals surface area contributed by atoms with Crippen molar-refractivity contribution < 1.29 is 9.53 Å². The van der Waals surface area contributed by atoms with E-state index in [1.165, 1.54) is 11.3 Å². The summed E-state index contributed by atoms with van der Waals surface area (Å²) in [5.74, 6) is 1.69. The highest BCUT2D eigenvalue weighted by atomic mass is 32.1. The van der Waals surface area contributed by atoms with Gasteiger partial charge in [-0.1, -0.05) is 0 Å². The summed E-state index contributed by atoms with van der Waals surface area (Å²) < 4.78 is 5.22. The van der Waals surface area contributed by atoms with Gasteiger partial charge in [0.05, 0.1) is 12.6 Å². The maximum atomic E-state index is 12.2. The van der Waals surface area contributed by atoms with Gasteiger partial charge in [0.2, 0.25) is 0 Å². The van der Waals surface area contributed by atoms with Crippen molar-refractivity contribution in [2.75, 3.05) is 38.2 Å². The second-order valence-corrected chi connectivity index (χ2v) is 5.43. The molecule has 1 saturated heterocycles. The monoisotopic (exact) mass is 304 g/mol. The minimum Gasteiger partial charge on any atom is -0.497 e. The lowest BCUT2D eigenvalue weighted by Crippen LogP contribution is -2.49. The molecule has 0 spiro atoms. The van der Waals surface area contributed by atoms with Gasteiger partial charge in [-0.15, -0.1) is 11.3 Å². The molecule has 21 heavy (non-hydrogen) atoms. The van der Waals surface area contributed by atoms with Gasteiger partial charge in [-0.2, -0.15) is 0 Å². The number of hydrogen-bond acceptors (Lipinski definition) is 6. The Balaban J connectivity index is 1.63. The molecule has 3 heterocycles. The fourth-order valence-electron chi connectivity index (χ4n) is 2.32. The number of carbonyl (C=O) groups excluding carboxylic acids is 1. The number of methoxy groups -OCH3 is 1. The van der Waals surface area contributed by atoms with Gasteiger partial charge in [-0.05, 0) is 6.07 Å². The number of anilines is 1. The lowest BCUT2D eigenvalue weighted by molar-refractivity contribution is 0.0741. The molecule has 2 aromatic rings. The lowest BCUT2D eigenvalue weighted by Gasteiger charge is -2.35. The van der Waals surface area contributed by atoms with Crippen LogP contribution in [-0.2, 0) is 0 Å². The second kappa shape index (κ2) is 6.09.